The Hall–Kier alpha value is -3.05. The first kappa shape index (κ1) is 22.6. The van der Waals surface area contributed by atoms with Crippen LogP contribution in [0.1, 0.15) is 50.9 Å². The molecule has 3 rings (SSSR count). The molecule has 1 aliphatic heterocycles. The summed E-state index contributed by atoms with van der Waals surface area (Å²) in [5.41, 5.74) is -1.10. The van der Waals surface area contributed by atoms with Gasteiger partial charge in [-0.25, -0.2) is 0 Å². The Morgan fingerprint density at radius 3 is 2.35 bits per heavy atom. The number of amides is 2. The van der Waals surface area contributed by atoms with Gasteiger partial charge in [-0.15, -0.1) is 0 Å². The van der Waals surface area contributed by atoms with Gasteiger partial charge in [0.1, 0.15) is 12.2 Å². The van der Waals surface area contributed by atoms with E-state index >= 15 is 0 Å². The summed E-state index contributed by atoms with van der Waals surface area (Å²) in [7, 11) is 0. The number of benzene rings is 1. The molecule has 2 N–H and O–H groups in total. The molecule has 168 valence electrons. The predicted molar refractivity (Wildman–Crippen MR) is 96.3 cm³/mol. The Balaban J connectivity index is 1.61. The van der Waals surface area contributed by atoms with Crippen molar-refractivity contribution >= 4 is 11.8 Å². The number of alkyl halides is 6. The number of likely N-dealkylation sites (tertiary alicyclic amines) is 1. The number of rotatable bonds is 4. The molecule has 12 heteroatoms. The maximum absolute atomic E-state index is 13.2. The fraction of sp³-hybridized carbons (Fsp3) is 0.421. The van der Waals surface area contributed by atoms with E-state index in [1.165, 1.54) is 23.1 Å². The monoisotopic (exact) mass is 448 g/mol. The fourth-order valence-electron chi connectivity index (χ4n) is 3.41. The van der Waals surface area contributed by atoms with Crippen LogP contribution in [-0.2, 0) is 6.18 Å². The van der Waals surface area contributed by atoms with E-state index in [1.54, 1.807) is 5.32 Å². The Kier molecular flexibility index (Phi) is 6.27. The van der Waals surface area contributed by atoms with Crippen LogP contribution in [0, 0.1) is 0 Å². The van der Waals surface area contributed by atoms with Crippen LogP contribution in [0.15, 0.2) is 30.3 Å². The zero-order chi connectivity index (χ0) is 22.8. The number of hydrogen-bond donors (Lipinski definition) is 2. The number of H-pyrrole nitrogens is 1. The van der Waals surface area contributed by atoms with E-state index in [0.29, 0.717) is 18.5 Å². The normalized spacial score (nSPS) is 15.7. The lowest BCUT2D eigenvalue weighted by Crippen LogP contribution is -2.38. The number of nitrogens with one attached hydrogen (secondary N) is 2. The number of carbonyl (C=O) groups is 2. The van der Waals surface area contributed by atoms with Crippen molar-refractivity contribution in [2.75, 3.05) is 19.6 Å². The molecule has 0 bridgehead atoms. The Labute approximate surface area is 172 Å². The van der Waals surface area contributed by atoms with Gasteiger partial charge in [0, 0.05) is 24.7 Å². The van der Waals surface area contributed by atoms with Crippen LogP contribution in [0.2, 0.25) is 0 Å². The summed E-state index contributed by atoms with van der Waals surface area (Å²) in [5, 5.41) is 8.06. The van der Waals surface area contributed by atoms with Gasteiger partial charge in [-0.2, -0.15) is 31.4 Å². The van der Waals surface area contributed by atoms with Gasteiger partial charge in [-0.05, 0) is 31.0 Å². The van der Waals surface area contributed by atoms with Gasteiger partial charge in [0.05, 0.1) is 11.1 Å². The van der Waals surface area contributed by atoms with Crippen LogP contribution in [0.25, 0.3) is 0 Å². The topological polar surface area (TPSA) is 78.1 Å². The van der Waals surface area contributed by atoms with Crippen molar-refractivity contribution in [2.24, 2.45) is 0 Å². The minimum Gasteiger partial charge on any atom is -0.342 e. The maximum atomic E-state index is 13.2. The molecule has 0 aliphatic carbocycles. The standard InChI is InChI=1S/C19H18F6N4O2/c20-18(21,22)10-26-16(30)15-9-14(27-28-15)11-5-7-29(8-6-11)17(31)12-3-1-2-4-13(12)19(23,24)25/h1-4,9,11H,5-8,10H2,(H,26,30)(H,27,28). The van der Waals surface area contributed by atoms with E-state index < -0.39 is 41.8 Å². The maximum Gasteiger partial charge on any atom is 0.417 e. The van der Waals surface area contributed by atoms with E-state index in [2.05, 4.69) is 10.2 Å². The smallest absolute Gasteiger partial charge is 0.342 e. The van der Waals surface area contributed by atoms with Crippen LogP contribution in [-0.4, -0.2) is 52.7 Å². The van der Waals surface area contributed by atoms with Gasteiger partial charge in [-0.1, -0.05) is 12.1 Å². The van der Waals surface area contributed by atoms with Crippen molar-refractivity contribution in [1.82, 2.24) is 20.4 Å². The van der Waals surface area contributed by atoms with Crippen molar-refractivity contribution in [3.05, 3.63) is 52.8 Å². The molecule has 1 aliphatic rings. The van der Waals surface area contributed by atoms with Gasteiger partial charge >= 0.3 is 12.4 Å². The highest BCUT2D eigenvalue weighted by molar-refractivity contribution is 5.96. The zero-order valence-electron chi connectivity index (χ0n) is 16.0. The van der Waals surface area contributed by atoms with Crippen LogP contribution < -0.4 is 5.32 Å². The van der Waals surface area contributed by atoms with Gasteiger partial charge in [0.15, 0.2) is 0 Å². The Morgan fingerprint density at radius 2 is 1.74 bits per heavy atom. The molecule has 31 heavy (non-hydrogen) atoms. The number of aromatic amines is 1. The summed E-state index contributed by atoms with van der Waals surface area (Å²) in [6.07, 6.45) is -8.40. The average Bonchev–Trinajstić information content (AvgIpc) is 3.21. The van der Waals surface area contributed by atoms with Gasteiger partial charge in [-0.3, -0.25) is 14.7 Å². The summed E-state index contributed by atoms with van der Waals surface area (Å²) in [5.74, 6) is -1.86. The number of hydrogen-bond acceptors (Lipinski definition) is 3. The van der Waals surface area contributed by atoms with E-state index in [9.17, 15) is 35.9 Å². The van der Waals surface area contributed by atoms with Crippen LogP contribution in [0.3, 0.4) is 0 Å². The molecule has 0 atom stereocenters. The summed E-state index contributed by atoms with van der Waals surface area (Å²) >= 11 is 0. The lowest BCUT2D eigenvalue weighted by Gasteiger charge is -2.32. The lowest BCUT2D eigenvalue weighted by atomic mass is 9.92. The highest BCUT2D eigenvalue weighted by Crippen LogP contribution is 2.34. The van der Waals surface area contributed by atoms with Crippen molar-refractivity contribution < 1.29 is 35.9 Å². The third-order valence-electron chi connectivity index (χ3n) is 4.96. The molecule has 2 aromatic rings. The molecule has 2 heterocycles. The predicted octanol–water partition coefficient (Wildman–Crippen LogP) is 3.74. The molecule has 6 nitrogen and oxygen atoms in total. The number of nitrogens with zero attached hydrogens (tertiary/aromatic N) is 2. The lowest BCUT2D eigenvalue weighted by molar-refractivity contribution is -0.138. The van der Waals surface area contributed by atoms with E-state index in [4.69, 9.17) is 0 Å². The zero-order valence-corrected chi connectivity index (χ0v) is 16.0. The highest BCUT2D eigenvalue weighted by atomic mass is 19.4. The van der Waals surface area contributed by atoms with Crippen molar-refractivity contribution in [3.63, 3.8) is 0 Å². The van der Waals surface area contributed by atoms with Crippen molar-refractivity contribution in [2.45, 2.75) is 31.1 Å². The summed E-state index contributed by atoms with van der Waals surface area (Å²) in [6, 6.07) is 5.92. The molecule has 0 unspecified atom stereocenters. The second kappa shape index (κ2) is 8.60. The third-order valence-corrected chi connectivity index (χ3v) is 4.96. The van der Waals surface area contributed by atoms with E-state index in [0.717, 1.165) is 12.1 Å². The molecular weight excluding hydrogens is 430 g/mol. The molecule has 0 radical (unpaired) electrons. The molecule has 1 saturated heterocycles. The number of carbonyl (C=O) groups excluding carboxylic acids is 2. The second-order valence-corrected chi connectivity index (χ2v) is 7.12. The molecule has 1 aromatic heterocycles. The second-order valence-electron chi connectivity index (χ2n) is 7.12. The van der Waals surface area contributed by atoms with Crippen LogP contribution in [0.4, 0.5) is 26.3 Å². The Morgan fingerprint density at radius 1 is 1.10 bits per heavy atom. The van der Waals surface area contributed by atoms with Gasteiger partial charge in [0.2, 0.25) is 0 Å². The number of halogens is 6. The molecule has 1 aromatic carbocycles. The molecule has 1 fully saturated rings. The number of aromatic nitrogens is 2. The first-order chi connectivity index (χ1) is 14.5. The SMILES string of the molecule is O=C(NCC(F)(F)F)c1cc(C2CCN(C(=O)c3ccccc3C(F)(F)F)CC2)[nH]n1. The van der Waals surface area contributed by atoms with Crippen LogP contribution in [0.5, 0.6) is 0 Å². The van der Waals surface area contributed by atoms with Crippen LogP contribution >= 0.6 is 0 Å². The highest BCUT2D eigenvalue weighted by Gasteiger charge is 2.36. The van der Waals surface area contributed by atoms with Gasteiger partial charge < -0.3 is 10.2 Å². The third kappa shape index (κ3) is 5.56. The Bertz CT molecular complexity index is 945. The van der Waals surface area contributed by atoms with E-state index in [-0.39, 0.29) is 24.7 Å². The summed E-state index contributed by atoms with van der Waals surface area (Å²) in [6.45, 7) is -1.11. The quantitative estimate of drug-likeness (QED) is 0.700. The minimum absolute atomic E-state index is 0.168. The summed E-state index contributed by atoms with van der Waals surface area (Å²) in [4.78, 5) is 25.7. The van der Waals surface area contributed by atoms with E-state index in [1.807, 2.05) is 0 Å². The average molecular weight is 448 g/mol. The number of piperidine rings is 1. The summed E-state index contributed by atoms with van der Waals surface area (Å²) < 4.78 is 76.1. The van der Waals surface area contributed by atoms with Gasteiger partial charge in [0.25, 0.3) is 11.8 Å². The first-order valence-electron chi connectivity index (χ1n) is 9.31. The fourth-order valence-corrected chi connectivity index (χ4v) is 3.41. The van der Waals surface area contributed by atoms with Crippen molar-refractivity contribution in [3.8, 4) is 0 Å². The largest absolute Gasteiger partial charge is 0.417 e. The molecule has 2 amide bonds. The molecular formula is C19H18F6N4O2. The molecule has 0 spiro atoms. The minimum atomic E-state index is -4.65. The van der Waals surface area contributed by atoms with Crippen molar-refractivity contribution in [1.29, 1.82) is 0 Å². The molecule has 0 saturated carbocycles. The first-order valence-corrected chi connectivity index (χ1v) is 9.31.